The van der Waals surface area contributed by atoms with E-state index in [1.165, 1.54) is 25.7 Å². The molecule has 5 heteroatoms. The Bertz CT molecular complexity index is 574. The van der Waals surface area contributed by atoms with Crippen molar-refractivity contribution < 1.29 is 19.1 Å². The highest BCUT2D eigenvalue weighted by molar-refractivity contribution is 6.17. The number of halogens is 1. The van der Waals surface area contributed by atoms with Crippen LogP contribution in [-0.2, 0) is 9.47 Å². The Morgan fingerprint density at radius 3 is 1.66 bits per heavy atom. The normalized spacial score (nSPS) is 10.7. The number of hydrogen-bond acceptors (Lipinski definition) is 4. The molecule has 0 saturated heterocycles. The molecule has 0 aliphatic carbocycles. The van der Waals surface area contributed by atoms with Gasteiger partial charge in [-0.15, -0.1) is 11.6 Å². The number of ether oxygens (including phenoxy) is 2. The number of benzene rings is 1. The van der Waals surface area contributed by atoms with E-state index in [1.807, 2.05) is 0 Å². The first kappa shape index (κ1) is 25.5. The van der Waals surface area contributed by atoms with Gasteiger partial charge in [-0.2, -0.15) is 0 Å². The van der Waals surface area contributed by atoms with Gasteiger partial charge in [-0.3, -0.25) is 0 Å². The molecule has 0 spiro atoms. The number of carbonyl (C=O) groups excluding carboxylic acids is 2. The molecule has 164 valence electrons. The van der Waals surface area contributed by atoms with E-state index in [0.717, 1.165) is 57.2 Å². The number of esters is 2. The minimum absolute atomic E-state index is 0.385. The fraction of sp³-hybridized carbons (Fsp3) is 0.667. The van der Waals surface area contributed by atoms with Crippen LogP contribution in [0.4, 0.5) is 0 Å². The van der Waals surface area contributed by atoms with Crippen molar-refractivity contribution in [3.05, 3.63) is 35.4 Å². The molecular formula is C24H37ClO4. The third kappa shape index (κ3) is 12.6. The zero-order chi connectivity index (χ0) is 21.2. The molecule has 0 radical (unpaired) electrons. The lowest BCUT2D eigenvalue weighted by molar-refractivity contribution is 0.0496. The molecule has 0 aliphatic rings. The highest BCUT2D eigenvalue weighted by Gasteiger charge is 2.12. The quantitative estimate of drug-likeness (QED) is 0.154. The molecule has 4 nitrogen and oxygen atoms in total. The van der Waals surface area contributed by atoms with Crippen LogP contribution >= 0.6 is 11.6 Å². The number of rotatable bonds is 17. The van der Waals surface area contributed by atoms with E-state index in [1.54, 1.807) is 24.3 Å². The van der Waals surface area contributed by atoms with Gasteiger partial charge < -0.3 is 9.47 Å². The largest absolute Gasteiger partial charge is 0.462 e. The van der Waals surface area contributed by atoms with Crippen LogP contribution in [0.3, 0.4) is 0 Å². The van der Waals surface area contributed by atoms with Gasteiger partial charge in [0.25, 0.3) is 0 Å². The zero-order valence-electron chi connectivity index (χ0n) is 17.9. The standard InChI is InChI=1S/C24H37ClO4/c1-2-3-4-12-18-28-23(26)21-15-14-16-22(20-21)24(27)29-19-13-10-8-6-5-7-9-11-17-25/h14-16,20H,2-13,17-19H2,1H3. The van der Waals surface area contributed by atoms with Crippen molar-refractivity contribution in [3.8, 4) is 0 Å². The maximum absolute atomic E-state index is 12.2. The molecule has 0 saturated carbocycles. The third-order valence-corrected chi connectivity index (χ3v) is 5.09. The van der Waals surface area contributed by atoms with Crippen molar-refractivity contribution in [1.82, 2.24) is 0 Å². The molecule has 0 N–H and O–H groups in total. The number of unbranched alkanes of at least 4 members (excludes halogenated alkanes) is 10. The Balaban J connectivity index is 2.21. The van der Waals surface area contributed by atoms with Gasteiger partial charge >= 0.3 is 11.9 Å². The van der Waals surface area contributed by atoms with Crippen molar-refractivity contribution in [3.63, 3.8) is 0 Å². The van der Waals surface area contributed by atoms with Gasteiger partial charge in [0.2, 0.25) is 0 Å². The Morgan fingerprint density at radius 2 is 1.17 bits per heavy atom. The number of carbonyl (C=O) groups is 2. The van der Waals surface area contributed by atoms with Gasteiger partial charge in [0.05, 0.1) is 24.3 Å². The Labute approximate surface area is 181 Å². The summed E-state index contributed by atoms with van der Waals surface area (Å²) in [4.78, 5) is 24.3. The minimum atomic E-state index is -0.387. The van der Waals surface area contributed by atoms with Crippen molar-refractivity contribution in [2.75, 3.05) is 19.1 Å². The summed E-state index contributed by atoms with van der Waals surface area (Å²) in [6.45, 7) is 2.97. The molecule has 0 heterocycles. The summed E-state index contributed by atoms with van der Waals surface area (Å²) in [6, 6.07) is 6.57. The Kier molecular flexibility index (Phi) is 15.2. The van der Waals surface area contributed by atoms with E-state index in [4.69, 9.17) is 21.1 Å². The van der Waals surface area contributed by atoms with Gasteiger partial charge in [0, 0.05) is 5.88 Å². The van der Waals surface area contributed by atoms with Crippen LogP contribution in [0.25, 0.3) is 0 Å². The van der Waals surface area contributed by atoms with Crippen molar-refractivity contribution >= 4 is 23.5 Å². The molecule has 0 amide bonds. The molecule has 29 heavy (non-hydrogen) atoms. The summed E-state index contributed by atoms with van der Waals surface area (Å²) in [5, 5.41) is 0. The fourth-order valence-corrected chi connectivity index (χ4v) is 3.24. The van der Waals surface area contributed by atoms with Crippen molar-refractivity contribution in [2.24, 2.45) is 0 Å². The van der Waals surface area contributed by atoms with Gasteiger partial charge in [-0.05, 0) is 37.5 Å². The van der Waals surface area contributed by atoms with Crippen LogP contribution in [0.5, 0.6) is 0 Å². The molecule has 0 bridgehead atoms. The summed E-state index contributed by atoms with van der Waals surface area (Å²) < 4.78 is 10.6. The summed E-state index contributed by atoms with van der Waals surface area (Å²) in [6.07, 6.45) is 13.4. The van der Waals surface area contributed by atoms with Crippen LogP contribution in [-0.4, -0.2) is 31.0 Å². The molecule has 1 aromatic carbocycles. The van der Waals surface area contributed by atoms with E-state index in [0.29, 0.717) is 24.3 Å². The van der Waals surface area contributed by atoms with Crippen molar-refractivity contribution in [1.29, 1.82) is 0 Å². The van der Waals surface area contributed by atoms with Gasteiger partial charge in [0.1, 0.15) is 0 Å². The second-order valence-corrected chi connectivity index (χ2v) is 7.81. The topological polar surface area (TPSA) is 52.6 Å². The van der Waals surface area contributed by atoms with Gasteiger partial charge in [-0.25, -0.2) is 9.59 Å². The second kappa shape index (κ2) is 17.3. The van der Waals surface area contributed by atoms with Gasteiger partial charge in [0.15, 0.2) is 0 Å². The first-order valence-electron chi connectivity index (χ1n) is 11.2. The van der Waals surface area contributed by atoms with E-state index in [9.17, 15) is 9.59 Å². The lowest BCUT2D eigenvalue weighted by atomic mass is 10.1. The second-order valence-electron chi connectivity index (χ2n) is 7.43. The summed E-state index contributed by atoms with van der Waals surface area (Å²) in [5.74, 6) is -0.0139. The molecular weight excluding hydrogens is 388 g/mol. The number of alkyl halides is 1. The first-order valence-corrected chi connectivity index (χ1v) is 11.7. The summed E-state index contributed by atoms with van der Waals surface area (Å²) >= 11 is 5.66. The van der Waals surface area contributed by atoms with E-state index < -0.39 is 0 Å². The number of hydrogen-bond donors (Lipinski definition) is 0. The van der Waals surface area contributed by atoms with Crippen LogP contribution in [0.2, 0.25) is 0 Å². The Hall–Kier alpha value is -1.55. The van der Waals surface area contributed by atoms with E-state index in [2.05, 4.69) is 6.92 Å². The summed E-state index contributed by atoms with van der Waals surface area (Å²) in [7, 11) is 0. The van der Waals surface area contributed by atoms with E-state index in [-0.39, 0.29) is 11.9 Å². The average molecular weight is 425 g/mol. The van der Waals surface area contributed by atoms with Crippen LogP contribution in [0.1, 0.15) is 105 Å². The maximum Gasteiger partial charge on any atom is 0.338 e. The molecule has 0 aromatic heterocycles. The monoisotopic (exact) mass is 424 g/mol. The molecule has 0 fully saturated rings. The minimum Gasteiger partial charge on any atom is -0.462 e. The lowest BCUT2D eigenvalue weighted by Gasteiger charge is -2.07. The molecule has 1 rings (SSSR count). The highest BCUT2D eigenvalue weighted by atomic mass is 35.5. The Morgan fingerprint density at radius 1 is 0.724 bits per heavy atom. The van der Waals surface area contributed by atoms with Crippen LogP contribution in [0.15, 0.2) is 24.3 Å². The van der Waals surface area contributed by atoms with Gasteiger partial charge in [-0.1, -0.05) is 70.8 Å². The predicted octanol–water partition coefficient (Wildman–Crippen LogP) is 6.94. The van der Waals surface area contributed by atoms with Crippen LogP contribution < -0.4 is 0 Å². The zero-order valence-corrected chi connectivity index (χ0v) is 18.7. The molecule has 0 atom stereocenters. The van der Waals surface area contributed by atoms with Crippen LogP contribution in [0, 0.1) is 0 Å². The predicted molar refractivity (Wildman–Crippen MR) is 119 cm³/mol. The van der Waals surface area contributed by atoms with Crippen molar-refractivity contribution in [2.45, 2.75) is 84.0 Å². The summed E-state index contributed by atoms with van der Waals surface area (Å²) in [5.41, 5.74) is 0.786. The lowest BCUT2D eigenvalue weighted by Crippen LogP contribution is -2.10. The molecule has 1 aromatic rings. The highest BCUT2D eigenvalue weighted by Crippen LogP contribution is 2.11. The first-order chi connectivity index (χ1) is 14.2. The maximum atomic E-state index is 12.2. The molecule has 0 unspecified atom stereocenters. The third-order valence-electron chi connectivity index (χ3n) is 4.83. The van der Waals surface area contributed by atoms with E-state index >= 15 is 0 Å². The smallest absolute Gasteiger partial charge is 0.338 e. The molecule has 0 aliphatic heterocycles. The fourth-order valence-electron chi connectivity index (χ4n) is 3.06. The average Bonchev–Trinajstić information content (AvgIpc) is 2.74. The SMILES string of the molecule is CCCCCCOC(=O)c1cccc(C(=O)OCCCCCCCCCCCl)c1.